The molecule has 1 aromatic carbocycles. The third-order valence-corrected chi connectivity index (χ3v) is 2.63. The minimum atomic E-state index is -0.882. The summed E-state index contributed by atoms with van der Waals surface area (Å²) in [6.45, 7) is 1.60. The monoisotopic (exact) mass is 301 g/mol. The van der Waals surface area contributed by atoms with E-state index in [0.717, 1.165) is 5.56 Å². The fourth-order valence-electron chi connectivity index (χ4n) is 1.52. The van der Waals surface area contributed by atoms with Crippen LogP contribution in [0.25, 0.3) is 0 Å². The van der Waals surface area contributed by atoms with E-state index in [2.05, 4.69) is 15.3 Å². The molecule has 114 valence electrons. The first kappa shape index (κ1) is 15.4. The number of hydrogen-bond donors (Lipinski definition) is 1. The standard InChI is InChI=1S/C15H15N3O4/c1-11(13(19)22-14-16-8-5-9-17-14)18-15(20)21-10-12-6-3-2-4-7-12/h2-9,11H,10H2,1H3,(H,18,20)/t11-/m0/s1. The summed E-state index contributed by atoms with van der Waals surface area (Å²) in [4.78, 5) is 30.9. The van der Waals surface area contributed by atoms with Gasteiger partial charge in [0.25, 0.3) is 0 Å². The molecule has 0 radical (unpaired) electrons. The SMILES string of the molecule is C[C@H](NC(=O)OCc1ccccc1)C(=O)Oc1ncccn1. The Labute approximate surface area is 127 Å². The van der Waals surface area contributed by atoms with Crippen molar-refractivity contribution in [2.24, 2.45) is 0 Å². The highest BCUT2D eigenvalue weighted by atomic mass is 16.6. The molecule has 0 aliphatic rings. The maximum absolute atomic E-state index is 11.7. The number of alkyl carbamates (subject to hydrolysis) is 1. The lowest BCUT2D eigenvalue weighted by Gasteiger charge is -2.12. The van der Waals surface area contributed by atoms with E-state index >= 15 is 0 Å². The van der Waals surface area contributed by atoms with E-state index in [9.17, 15) is 9.59 Å². The molecule has 22 heavy (non-hydrogen) atoms. The fraction of sp³-hybridized carbons (Fsp3) is 0.200. The van der Waals surface area contributed by atoms with Crippen molar-refractivity contribution in [3.05, 3.63) is 54.4 Å². The Morgan fingerprint density at radius 3 is 2.50 bits per heavy atom. The molecule has 0 aliphatic carbocycles. The van der Waals surface area contributed by atoms with Crippen LogP contribution in [0.2, 0.25) is 0 Å². The average Bonchev–Trinajstić information content (AvgIpc) is 2.55. The molecule has 0 saturated heterocycles. The Balaban J connectivity index is 1.77. The summed E-state index contributed by atoms with van der Waals surface area (Å²) in [5.74, 6) is -0.678. The van der Waals surface area contributed by atoms with Crippen LogP contribution in [-0.4, -0.2) is 28.1 Å². The smallest absolute Gasteiger partial charge is 0.408 e. The van der Waals surface area contributed by atoms with E-state index < -0.39 is 18.1 Å². The summed E-state index contributed by atoms with van der Waals surface area (Å²) in [5.41, 5.74) is 0.852. The zero-order valence-electron chi connectivity index (χ0n) is 11.9. The average molecular weight is 301 g/mol. The summed E-state index contributed by atoms with van der Waals surface area (Å²) >= 11 is 0. The van der Waals surface area contributed by atoms with Gasteiger partial charge in [-0.3, -0.25) is 0 Å². The first-order chi connectivity index (χ1) is 10.6. The van der Waals surface area contributed by atoms with Crippen LogP contribution < -0.4 is 10.1 Å². The maximum Gasteiger partial charge on any atom is 0.408 e. The van der Waals surface area contributed by atoms with Crippen molar-refractivity contribution in [2.75, 3.05) is 0 Å². The normalized spacial score (nSPS) is 11.3. The van der Waals surface area contributed by atoms with Gasteiger partial charge in [0.2, 0.25) is 0 Å². The number of carbonyl (C=O) groups is 2. The van der Waals surface area contributed by atoms with Gasteiger partial charge in [0.05, 0.1) is 0 Å². The number of ether oxygens (including phenoxy) is 2. The highest BCUT2D eigenvalue weighted by Crippen LogP contribution is 2.02. The second-order valence-corrected chi connectivity index (χ2v) is 4.38. The molecule has 1 amide bonds. The lowest BCUT2D eigenvalue weighted by atomic mass is 10.2. The lowest BCUT2D eigenvalue weighted by molar-refractivity contribution is -0.136. The van der Waals surface area contributed by atoms with Crippen LogP contribution in [-0.2, 0) is 16.1 Å². The third kappa shape index (κ3) is 4.86. The minimum Gasteiger partial charge on any atom is -0.445 e. The summed E-state index contributed by atoms with van der Waals surface area (Å²) < 4.78 is 9.92. The molecule has 0 saturated carbocycles. The molecule has 0 bridgehead atoms. The molecular formula is C15H15N3O4. The Kier molecular flexibility index (Phi) is 5.42. The van der Waals surface area contributed by atoms with Crippen molar-refractivity contribution < 1.29 is 19.1 Å². The minimum absolute atomic E-state index is 0.0706. The van der Waals surface area contributed by atoms with E-state index in [1.807, 2.05) is 30.3 Å². The molecule has 1 N–H and O–H groups in total. The number of benzene rings is 1. The molecule has 0 aliphatic heterocycles. The summed E-state index contributed by atoms with van der Waals surface area (Å²) in [6, 6.07) is 9.86. The van der Waals surface area contributed by atoms with Gasteiger partial charge >= 0.3 is 18.1 Å². The largest absolute Gasteiger partial charge is 0.445 e. The summed E-state index contributed by atoms with van der Waals surface area (Å²) in [5, 5.41) is 2.38. The number of nitrogens with zero attached hydrogens (tertiary/aromatic N) is 2. The van der Waals surface area contributed by atoms with Crippen LogP contribution in [0.3, 0.4) is 0 Å². The van der Waals surface area contributed by atoms with E-state index in [1.165, 1.54) is 19.3 Å². The highest BCUT2D eigenvalue weighted by molar-refractivity contribution is 5.82. The van der Waals surface area contributed by atoms with Crippen LogP contribution in [0.15, 0.2) is 48.8 Å². The second kappa shape index (κ2) is 7.72. The topological polar surface area (TPSA) is 90.4 Å². The Bertz CT molecular complexity index is 619. The highest BCUT2D eigenvalue weighted by Gasteiger charge is 2.19. The van der Waals surface area contributed by atoms with Gasteiger partial charge in [-0.1, -0.05) is 30.3 Å². The first-order valence-corrected chi connectivity index (χ1v) is 6.61. The van der Waals surface area contributed by atoms with Crippen molar-refractivity contribution in [2.45, 2.75) is 19.6 Å². The number of hydrogen-bond acceptors (Lipinski definition) is 6. The van der Waals surface area contributed by atoms with E-state index in [0.29, 0.717) is 0 Å². The fourth-order valence-corrected chi connectivity index (χ4v) is 1.52. The van der Waals surface area contributed by atoms with Crippen molar-refractivity contribution >= 4 is 12.1 Å². The summed E-state index contributed by atoms with van der Waals surface area (Å²) in [7, 11) is 0. The van der Waals surface area contributed by atoms with Crippen molar-refractivity contribution in [1.29, 1.82) is 0 Å². The number of carbonyl (C=O) groups excluding carboxylic acids is 2. The Morgan fingerprint density at radius 1 is 1.14 bits per heavy atom. The van der Waals surface area contributed by atoms with Gasteiger partial charge in [0.15, 0.2) is 0 Å². The van der Waals surface area contributed by atoms with Gasteiger partial charge in [0.1, 0.15) is 12.6 Å². The molecule has 1 atom stereocenters. The maximum atomic E-state index is 11.7. The summed E-state index contributed by atoms with van der Waals surface area (Å²) in [6.07, 6.45) is 2.19. The molecule has 2 aromatic rings. The van der Waals surface area contributed by atoms with Crippen LogP contribution in [0, 0.1) is 0 Å². The predicted molar refractivity (Wildman–Crippen MR) is 76.9 cm³/mol. The van der Waals surface area contributed by atoms with Gasteiger partial charge < -0.3 is 14.8 Å². The molecule has 0 fully saturated rings. The first-order valence-electron chi connectivity index (χ1n) is 6.61. The van der Waals surface area contributed by atoms with E-state index in [1.54, 1.807) is 6.07 Å². The predicted octanol–water partition coefficient (Wildman–Crippen LogP) is 1.70. The van der Waals surface area contributed by atoms with E-state index in [4.69, 9.17) is 9.47 Å². The third-order valence-electron chi connectivity index (χ3n) is 2.63. The molecule has 0 spiro atoms. The molecule has 7 nitrogen and oxygen atoms in total. The number of amides is 1. The lowest BCUT2D eigenvalue weighted by Crippen LogP contribution is -2.41. The van der Waals surface area contributed by atoms with Gasteiger partial charge in [-0.2, -0.15) is 0 Å². The number of nitrogens with one attached hydrogen (secondary N) is 1. The Morgan fingerprint density at radius 2 is 1.82 bits per heavy atom. The number of aromatic nitrogens is 2. The molecular weight excluding hydrogens is 286 g/mol. The molecule has 1 heterocycles. The van der Waals surface area contributed by atoms with E-state index in [-0.39, 0.29) is 12.6 Å². The van der Waals surface area contributed by atoms with Gasteiger partial charge in [-0.25, -0.2) is 19.6 Å². The number of esters is 1. The molecule has 0 unspecified atom stereocenters. The van der Waals surface area contributed by atoms with Gasteiger partial charge in [-0.15, -0.1) is 0 Å². The van der Waals surface area contributed by atoms with Crippen molar-refractivity contribution in [3.63, 3.8) is 0 Å². The van der Waals surface area contributed by atoms with Gasteiger partial charge in [0, 0.05) is 12.4 Å². The number of rotatable bonds is 5. The van der Waals surface area contributed by atoms with Crippen molar-refractivity contribution in [1.82, 2.24) is 15.3 Å². The van der Waals surface area contributed by atoms with Crippen LogP contribution in [0.5, 0.6) is 6.01 Å². The molecule has 1 aromatic heterocycles. The zero-order valence-corrected chi connectivity index (χ0v) is 11.9. The quantitative estimate of drug-likeness (QED) is 0.845. The second-order valence-electron chi connectivity index (χ2n) is 4.38. The van der Waals surface area contributed by atoms with Crippen LogP contribution >= 0.6 is 0 Å². The van der Waals surface area contributed by atoms with Gasteiger partial charge in [-0.05, 0) is 18.6 Å². The van der Waals surface area contributed by atoms with Crippen LogP contribution in [0.4, 0.5) is 4.79 Å². The molecule has 7 heteroatoms. The molecule has 2 rings (SSSR count). The van der Waals surface area contributed by atoms with Crippen LogP contribution in [0.1, 0.15) is 12.5 Å². The van der Waals surface area contributed by atoms with Crippen molar-refractivity contribution in [3.8, 4) is 6.01 Å². The zero-order chi connectivity index (χ0) is 15.8. The Hall–Kier alpha value is -2.96.